The molecule has 1 amide bonds. The molecule has 0 aromatic carbocycles. The van der Waals surface area contributed by atoms with Gasteiger partial charge in [0, 0.05) is 18.8 Å². The first-order valence-corrected chi connectivity index (χ1v) is 6.06. The van der Waals surface area contributed by atoms with Crippen LogP contribution >= 0.6 is 0 Å². The lowest BCUT2D eigenvalue weighted by atomic mass is 9.96. The van der Waals surface area contributed by atoms with Crippen LogP contribution in [0.3, 0.4) is 0 Å². The van der Waals surface area contributed by atoms with Crippen molar-refractivity contribution >= 4 is 5.91 Å². The molecule has 0 spiro atoms. The molecule has 1 aliphatic rings. The van der Waals surface area contributed by atoms with Gasteiger partial charge in [0.25, 0.3) is 0 Å². The van der Waals surface area contributed by atoms with E-state index in [-0.39, 0.29) is 5.91 Å². The van der Waals surface area contributed by atoms with Crippen LogP contribution in [0, 0.1) is 6.92 Å². The SMILES string of the molecule is Cc1cnn(CCC(C)(NC2CC2)C(N)=O)c1. The van der Waals surface area contributed by atoms with Crippen LogP contribution in [0.15, 0.2) is 12.4 Å². The number of aromatic nitrogens is 2. The van der Waals surface area contributed by atoms with Crippen molar-refractivity contribution in [2.24, 2.45) is 5.73 Å². The van der Waals surface area contributed by atoms with E-state index in [0.717, 1.165) is 18.4 Å². The maximum atomic E-state index is 11.5. The lowest BCUT2D eigenvalue weighted by molar-refractivity contribution is -0.124. The molecule has 2 rings (SSSR count). The second-order valence-corrected chi connectivity index (χ2v) is 5.15. The summed E-state index contributed by atoms with van der Waals surface area (Å²) < 4.78 is 1.85. The minimum absolute atomic E-state index is 0.284. The van der Waals surface area contributed by atoms with Gasteiger partial charge in [0.05, 0.1) is 11.7 Å². The number of primary amides is 1. The van der Waals surface area contributed by atoms with Gasteiger partial charge in [-0.1, -0.05) is 0 Å². The molecular formula is C12H20N4O. The van der Waals surface area contributed by atoms with Crippen LogP contribution < -0.4 is 11.1 Å². The Labute approximate surface area is 101 Å². The summed E-state index contributed by atoms with van der Waals surface area (Å²) in [6.07, 6.45) is 6.74. The average molecular weight is 236 g/mol. The average Bonchev–Trinajstić information content (AvgIpc) is 2.96. The second-order valence-electron chi connectivity index (χ2n) is 5.15. The largest absolute Gasteiger partial charge is 0.368 e. The number of nitrogens with zero attached hydrogens (tertiary/aromatic N) is 2. The number of amides is 1. The predicted molar refractivity (Wildman–Crippen MR) is 65.3 cm³/mol. The fourth-order valence-electron chi connectivity index (χ4n) is 1.87. The molecule has 1 unspecified atom stereocenters. The zero-order valence-electron chi connectivity index (χ0n) is 10.4. The third-order valence-corrected chi connectivity index (χ3v) is 3.25. The van der Waals surface area contributed by atoms with Crippen LogP contribution in [0.2, 0.25) is 0 Å². The Balaban J connectivity index is 1.95. The molecule has 0 radical (unpaired) electrons. The van der Waals surface area contributed by atoms with Crippen molar-refractivity contribution in [2.75, 3.05) is 0 Å². The van der Waals surface area contributed by atoms with Crippen LogP contribution in [-0.4, -0.2) is 27.3 Å². The number of nitrogens with two attached hydrogens (primary N) is 1. The minimum Gasteiger partial charge on any atom is -0.368 e. The third kappa shape index (κ3) is 3.06. The van der Waals surface area contributed by atoms with E-state index in [1.807, 2.05) is 30.9 Å². The van der Waals surface area contributed by atoms with Gasteiger partial charge >= 0.3 is 0 Å². The quantitative estimate of drug-likeness (QED) is 0.758. The fraction of sp³-hybridized carbons (Fsp3) is 0.667. The Morgan fingerprint density at radius 2 is 2.41 bits per heavy atom. The van der Waals surface area contributed by atoms with Gasteiger partial charge in [0.15, 0.2) is 0 Å². The van der Waals surface area contributed by atoms with E-state index >= 15 is 0 Å². The summed E-state index contributed by atoms with van der Waals surface area (Å²) in [6, 6.07) is 0.465. The van der Waals surface area contributed by atoms with E-state index in [4.69, 9.17) is 5.73 Å². The molecular weight excluding hydrogens is 216 g/mol. The Bertz CT molecular complexity index is 410. The Kier molecular flexibility index (Phi) is 3.19. The van der Waals surface area contributed by atoms with Gasteiger partial charge in [-0.2, -0.15) is 5.10 Å². The maximum absolute atomic E-state index is 11.5. The van der Waals surface area contributed by atoms with Gasteiger partial charge in [-0.15, -0.1) is 0 Å². The number of carbonyl (C=O) groups is 1. The summed E-state index contributed by atoms with van der Waals surface area (Å²) in [7, 11) is 0. The number of nitrogens with one attached hydrogen (secondary N) is 1. The Morgan fingerprint density at radius 3 is 2.88 bits per heavy atom. The fourth-order valence-corrected chi connectivity index (χ4v) is 1.87. The molecule has 0 saturated heterocycles. The van der Waals surface area contributed by atoms with Crippen molar-refractivity contribution in [3.63, 3.8) is 0 Å². The van der Waals surface area contributed by atoms with Gasteiger partial charge in [-0.3, -0.25) is 9.48 Å². The van der Waals surface area contributed by atoms with Crippen LogP contribution in [0.1, 0.15) is 31.7 Å². The summed E-state index contributed by atoms with van der Waals surface area (Å²) in [5.74, 6) is -0.284. The van der Waals surface area contributed by atoms with Gasteiger partial charge in [-0.25, -0.2) is 0 Å². The van der Waals surface area contributed by atoms with Crippen LogP contribution in [0.5, 0.6) is 0 Å². The predicted octanol–water partition coefficient (Wildman–Crippen LogP) is 0.578. The first-order valence-electron chi connectivity index (χ1n) is 6.06. The first kappa shape index (κ1) is 12.1. The third-order valence-electron chi connectivity index (χ3n) is 3.25. The molecule has 0 aliphatic heterocycles. The summed E-state index contributed by atoms with van der Waals surface area (Å²) >= 11 is 0. The molecule has 5 heteroatoms. The van der Waals surface area contributed by atoms with Crippen molar-refractivity contribution in [1.29, 1.82) is 0 Å². The van der Waals surface area contributed by atoms with E-state index in [2.05, 4.69) is 10.4 Å². The molecule has 3 N–H and O–H groups in total. The molecule has 1 atom stereocenters. The monoisotopic (exact) mass is 236 g/mol. The van der Waals surface area contributed by atoms with E-state index < -0.39 is 5.54 Å². The van der Waals surface area contributed by atoms with Crippen molar-refractivity contribution in [3.05, 3.63) is 18.0 Å². The second kappa shape index (κ2) is 4.49. The van der Waals surface area contributed by atoms with Crippen molar-refractivity contribution < 1.29 is 4.79 Å². The van der Waals surface area contributed by atoms with Crippen LogP contribution in [0.4, 0.5) is 0 Å². The highest BCUT2D eigenvalue weighted by Gasteiger charge is 2.36. The van der Waals surface area contributed by atoms with Crippen molar-refractivity contribution in [3.8, 4) is 0 Å². The standard InChI is InChI=1S/C12H20N4O/c1-9-7-14-16(8-9)6-5-12(2,11(13)17)15-10-3-4-10/h7-8,10,15H,3-6H2,1-2H3,(H2,13,17). The van der Waals surface area contributed by atoms with E-state index in [0.29, 0.717) is 19.0 Å². The first-order chi connectivity index (χ1) is 7.99. The summed E-state index contributed by atoms with van der Waals surface area (Å²) in [5.41, 5.74) is 5.99. The summed E-state index contributed by atoms with van der Waals surface area (Å²) in [6.45, 7) is 4.58. The molecule has 1 aromatic rings. The molecule has 94 valence electrons. The van der Waals surface area contributed by atoms with Gasteiger partial charge in [-0.05, 0) is 38.7 Å². The van der Waals surface area contributed by atoms with E-state index in [9.17, 15) is 4.79 Å². The lowest BCUT2D eigenvalue weighted by Crippen LogP contribution is -2.54. The molecule has 1 saturated carbocycles. The number of rotatable bonds is 6. The molecule has 5 nitrogen and oxygen atoms in total. The highest BCUT2D eigenvalue weighted by molar-refractivity contribution is 5.84. The summed E-state index contributed by atoms with van der Waals surface area (Å²) in [4.78, 5) is 11.5. The highest BCUT2D eigenvalue weighted by atomic mass is 16.1. The zero-order valence-corrected chi connectivity index (χ0v) is 10.4. The molecule has 0 bridgehead atoms. The maximum Gasteiger partial charge on any atom is 0.237 e. The molecule has 17 heavy (non-hydrogen) atoms. The molecule has 1 aromatic heterocycles. The normalized spacial score (nSPS) is 18.9. The smallest absolute Gasteiger partial charge is 0.237 e. The van der Waals surface area contributed by atoms with Gasteiger partial charge < -0.3 is 11.1 Å². The van der Waals surface area contributed by atoms with Crippen molar-refractivity contribution in [1.82, 2.24) is 15.1 Å². The number of hydrogen-bond acceptors (Lipinski definition) is 3. The van der Waals surface area contributed by atoms with Gasteiger partial charge in [0.2, 0.25) is 5.91 Å². The number of aryl methyl sites for hydroxylation is 2. The lowest BCUT2D eigenvalue weighted by Gasteiger charge is -2.27. The Hall–Kier alpha value is -1.36. The van der Waals surface area contributed by atoms with E-state index in [1.54, 1.807) is 0 Å². The highest BCUT2D eigenvalue weighted by Crippen LogP contribution is 2.24. The number of carbonyl (C=O) groups excluding carboxylic acids is 1. The van der Waals surface area contributed by atoms with Crippen LogP contribution in [0.25, 0.3) is 0 Å². The van der Waals surface area contributed by atoms with Gasteiger partial charge in [0.1, 0.15) is 0 Å². The topological polar surface area (TPSA) is 72.9 Å². The van der Waals surface area contributed by atoms with Crippen LogP contribution in [-0.2, 0) is 11.3 Å². The zero-order chi connectivity index (χ0) is 12.5. The number of hydrogen-bond donors (Lipinski definition) is 2. The van der Waals surface area contributed by atoms with E-state index in [1.165, 1.54) is 0 Å². The Morgan fingerprint density at radius 1 is 1.71 bits per heavy atom. The summed E-state index contributed by atoms with van der Waals surface area (Å²) in [5, 5.41) is 7.54. The van der Waals surface area contributed by atoms with Crippen molar-refractivity contribution in [2.45, 2.75) is 51.2 Å². The molecule has 1 aliphatic carbocycles. The minimum atomic E-state index is -0.624. The molecule has 1 fully saturated rings. The molecule has 1 heterocycles.